The zero-order valence-electron chi connectivity index (χ0n) is 9.48. The number of hydrogen-bond donors (Lipinski definition) is 1. The molecule has 0 amide bonds. The first-order valence-corrected chi connectivity index (χ1v) is 4.07. The third kappa shape index (κ3) is 3.28. The summed E-state index contributed by atoms with van der Waals surface area (Å²) in [6.07, 6.45) is 0. The maximum absolute atomic E-state index is 2.12. The summed E-state index contributed by atoms with van der Waals surface area (Å²) in [7, 11) is 0. The van der Waals surface area contributed by atoms with E-state index in [1.54, 1.807) is 0 Å². The largest absolute Gasteiger partial charge is 1.00 e. The maximum atomic E-state index is 2.12. The van der Waals surface area contributed by atoms with Gasteiger partial charge in [-0.2, -0.15) is 0 Å². The quantitative estimate of drug-likeness (QED) is 0.666. The fourth-order valence-corrected chi connectivity index (χ4v) is 1.26. The average molecular weight is 195 g/mol. The van der Waals surface area contributed by atoms with Crippen LogP contribution in [0, 0.1) is 0 Å². The van der Waals surface area contributed by atoms with Crippen molar-refractivity contribution in [1.82, 2.24) is 6.15 Å². The Hall–Kier alpha value is -0.600. The van der Waals surface area contributed by atoms with Crippen LogP contribution in [0.2, 0.25) is 0 Å². The molecule has 0 saturated heterocycles. The molecule has 0 atom stereocenters. The van der Waals surface area contributed by atoms with Crippen LogP contribution in [0.3, 0.4) is 0 Å². The second-order valence-corrected chi connectivity index (χ2v) is 2.73. The van der Waals surface area contributed by atoms with Crippen LogP contribution in [0.4, 0.5) is 0 Å². The fraction of sp³-hybridized carbons (Fsp3) is 0. The van der Waals surface area contributed by atoms with Crippen LogP contribution in [-0.4, -0.2) is 0 Å². The van der Waals surface area contributed by atoms with Crippen molar-refractivity contribution < 1.29 is 31.0 Å². The molecule has 0 unspecified atom stereocenters. The Morgan fingerprint density at radius 2 is 0.857 bits per heavy atom. The molecular formula is C12H14NNa. The van der Waals surface area contributed by atoms with Gasteiger partial charge in [0.1, 0.15) is 0 Å². The molecule has 68 valence electrons. The Morgan fingerprint density at radius 1 is 0.571 bits per heavy atom. The number of benzene rings is 2. The van der Waals surface area contributed by atoms with Gasteiger partial charge in [-0.1, -0.05) is 60.7 Å². The summed E-state index contributed by atoms with van der Waals surface area (Å²) in [6.45, 7) is 0. The molecule has 2 aromatic carbocycles. The van der Waals surface area contributed by atoms with Crippen LogP contribution in [-0.2, 0) is 0 Å². The van der Waals surface area contributed by atoms with Gasteiger partial charge in [0.2, 0.25) is 0 Å². The van der Waals surface area contributed by atoms with Crippen LogP contribution in [0.5, 0.6) is 0 Å². The molecule has 0 saturated carbocycles. The van der Waals surface area contributed by atoms with E-state index in [4.69, 9.17) is 0 Å². The minimum atomic E-state index is 0. The van der Waals surface area contributed by atoms with Crippen LogP contribution in [0.25, 0.3) is 11.1 Å². The molecule has 2 aromatic rings. The first kappa shape index (κ1) is 13.4. The summed E-state index contributed by atoms with van der Waals surface area (Å²) in [5, 5.41) is 0. The molecule has 0 aliphatic carbocycles. The van der Waals surface area contributed by atoms with E-state index in [2.05, 4.69) is 48.5 Å². The van der Waals surface area contributed by atoms with Gasteiger partial charge in [0.25, 0.3) is 0 Å². The summed E-state index contributed by atoms with van der Waals surface area (Å²) >= 11 is 0. The van der Waals surface area contributed by atoms with Gasteiger partial charge < -0.3 is 7.58 Å². The maximum Gasteiger partial charge on any atom is 1.00 e. The van der Waals surface area contributed by atoms with Crippen molar-refractivity contribution in [3.63, 3.8) is 0 Å². The van der Waals surface area contributed by atoms with E-state index in [1.165, 1.54) is 11.1 Å². The van der Waals surface area contributed by atoms with Gasteiger partial charge >= 0.3 is 29.6 Å². The van der Waals surface area contributed by atoms with E-state index in [0.717, 1.165) is 0 Å². The number of hydrogen-bond acceptors (Lipinski definition) is 1. The Bertz CT molecular complexity index is 313. The van der Waals surface area contributed by atoms with Crippen molar-refractivity contribution in [3.05, 3.63) is 60.7 Å². The summed E-state index contributed by atoms with van der Waals surface area (Å²) in [6, 6.07) is 20.8. The topological polar surface area (TPSA) is 35.0 Å². The molecule has 3 N–H and O–H groups in total. The van der Waals surface area contributed by atoms with Crippen LogP contribution in [0.1, 0.15) is 1.43 Å². The first-order valence-electron chi connectivity index (χ1n) is 4.07. The molecule has 2 rings (SSSR count). The molecule has 1 nitrogen and oxygen atoms in total. The molecule has 0 heterocycles. The van der Waals surface area contributed by atoms with E-state index in [0.29, 0.717) is 0 Å². The zero-order chi connectivity index (χ0) is 8.23. The molecule has 14 heavy (non-hydrogen) atoms. The molecule has 2 heteroatoms. The Kier molecular flexibility index (Phi) is 6.50. The summed E-state index contributed by atoms with van der Waals surface area (Å²) < 4.78 is 0. The number of rotatable bonds is 1. The van der Waals surface area contributed by atoms with Crippen molar-refractivity contribution in [2.24, 2.45) is 0 Å². The predicted molar refractivity (Wildman–Crippen MR) is 58.0 cm³/mol. The SMILES string of the molecule is N.[H-].[Na+].c1ccc(-c2ccccc2)cc1. The van der Waals surface area contributed by atoms with Crippen LogP contribution < -0.4 is 35.7 Å². The van der Waals surface area contributed by atoms with E-state index < -0.39 is 0 Å². The summed E-state index contributed by atoms with van der Waals surface area (Å²) in [4.78, 5) is 0. The Labute approximate surface area is 109 Å². The van der Waals surface area contributed by atoms with Crippen molar-refractivity contribution in [2.45, 2.75) is 0 Å². The van der Waals surface area contributed by atoms with E-state index >= 15 is 0 Å². The van der Waals surface area contributed by atoms with Crippen molar-refractivity contribution in [2.75, 3.05) is 0 Å². The second-order valence-electron chi connectivity index (χ2n) is 2.73. The monoisotopic (exact) mass is 195 g/mol. The van der Waals surface area contributed by atoms with Crippen LogP contribution >= 0.6 is 0 Å². The van der Waals surface area contributed by atoms with Gasteiger partial charge in [0.15, 0.2) is 0 Å². The second kappa shape index (κ2) is 6.80. The minimum absolute atomic E-state index is 0. The van der Waals surface area contributed by atoms with Crippen molar-refractivity contribution in [3.8, 4) is 11.1 Å². The van der Waals surface area contributed by atoms with Gasteiger partial charge in [-0.15, -0.1) is 0 Å². The van der Waals surface area contributed by atoms with E-state index in [9.17, 15) is 0 Å². The van der Waals surface area contributed by atoms with Gasteiger partial charge in [-0.25, -0.2) is 0 Å². The molecular weight excluding hydrogens is 181 g/mol. The molecule has 0 fully saturated rings. The van der Waals surface area contributed by atoms with Gasteiger partial charge in [0, 0.05) is 0 Å². The van der Waals surface area contributed by atoms with Gasteiger partial charge in [-0.05, 0) is 11.1 Å². The van der Waals surface area contributed by atoms with E-state index in [1.807, 2.05) is 12.1 Å². The normalized spacial score (nSPS) is 8.29. The fourth-order valence-electron chi connectivity index (χ4n) is 1.26. The Balaban J connectivity index is 0. The van der Waals surface area contributed by atoms with Gasteiger partial charge in [0.05, 0.1) is 0 Å². The summed E-state index contributed by atoms with van der Waals surface area (Å²) in [5.41, 5.74) is 2.55. The zero-order valence-corrected chi connectivity index (χ0v) is 10.5. The summed E-state index contributed by atoms with van der Waals surface area (Å²) in [5.74, 6) is 0. The van der Waals surface area contributed by atoms with Gasteiger partial charge in [-0.3, -0.25) is 0 Å². The van der Waals surface area contributed by atoms with Crippen molar-refractivity contribution >= 4 is 0 Å². The third-order valence-corrected chi connectivity index (χ3v) is 1.88. The Morgan fingerprint density at radius 3 is 1.14 bits per heavy atom. The minimum Gasteiger partial charge on any atom is -1.00 e. The molecule has 0 bridgehead atoms. The molecule has 0 aliphatic heterocycles. The molecule has 0 radical (unpaired) electrons. The molecule has 0 aromatic heterocycles. The smallest absolute Gasteiger partial charge is 1.00 e. The average Bonchev–Trinajstić information content (AvgIpc) is 2.21. The standard InChI is InChI=1S/C12H10.H3N.Na.H/c1-3-7-11(8-4-1)12-9-5-2-6-10-12;;;/h1-10H;1H3;;/q;;+1;-1. The predicted octanol–water partition coefficient (Wildman–Crippen LogP) is 0.632. The first-order chi connectivity index (χ1) is 5.97. The third-order valence-electron chi connectivity index (χ3n) is 1.88. The van der Waals surface area contributed by atoms with Crippen molar-refractivity contribution in [1.29, 1.82) is 0 Å². The van der Waals surface area contributed by atoms with Crippen LogP contribution in [0.15, 0.2) is 60.7 Å². The molecule has 0 aliphatic rings. The van der Waals surface area contributed by atoms with E-state index in [-0.39, 0.29) is 37.1 Å². The molecule has 0 spiro atoms.